The van der Waals surface area contributed by atoms with Crippen LogP contribution in [0.15, 0.2) is 48.8 Å². The SMILES string of the molecule is N#Cc1cccc(N2C[C@]3(CCN(C(=O)c4cccnc4)C3)CC2=O)c1. The summed E-state index contributed by atoms with van der Waals surface area (Å²) in [5, 5.41) is 9.08. The number of rotatable bonds is 2. The molecule has 0 radical (unpaired) electrons. The van der Waals surface area contributed by atoms with E-state index in [0.717, 1.165) is 12.1 Å². The van der Waals surface area contributed by atoms with Gasteiger partial charge in [0.2, 0.25) is 5.91 Å². The first-order valence-electron chi connectivity index (χ1n) is 8.60. The molecule has 1 atom stereocenters. The number of anilines is 1. The van der Waals surface area contributed by atoms with Gasteiger partial charge in [-0.25, -0.2) is 0 Å². The number of benzene rings is 1. The van der Waals surface area contributed by atoms with Crippen molar-refractivity contribution in [2.24, 2.45) is 5.41 Å². The van der Waals surface area contributed by atoms with Gasteiger partial charge < -0.3 is 9.80 Å². The summed E-state index contributed by atoms with van der Waals surface area (Å²) in [6.45, 7) is 1.80. The van der Waals surface area contributed by atoms with E-state index in [0.29, 0.717) is 37.2 Å². The Morgan fingerprint density at radius 3 is 2.88 bits per heavy atom. The number of hydrogen-bond donors (Lipinski definition) is 0. The van der Waals surface area contributed by atoms with Crippen molar-refractivity contribution >= 4 is 17.5 Å². The van der Waals surface area contributed by atoms with Gasteiger partial charge in [-0.3, -0.25) is 14.6 Å². The average molecular weight is 346 g/mol. The van der Waals surface area contributed by atoms with Gasteiger partial charge in [0.1, 0.15) is 0 Å². The van der Waals surface area contributed by atoms with E-state index in [1.54, 1.807) is 47.6 Å². The molecule has 2 aromatic rings. The fourth-order valence-corrected chi connectivity index (χ4v) is 3.93. The van der Waals surface area contributed by atoms with Crippen LogP contribution in [0, 0.1) is 16.7 Å². The Bertz CT molecular complexity index is 906. The molecule has 4 rings (SSSR count). The minimum Gasteiger partial charge on any atom is -0.338 e. The Kier molecular flexibility index (Phi) is 3.92. The lowest BCUT2D eigenvalue weighted by Crippen LogP contribution is -2.34. The summed E-state index contributed by atoms with van der Waals surface area (Å²) < 4.78 is 0. The Hall–Kier alpha value is -3.20. The van der Waals surface area contributed by atoms with Crippen molar-refractivity contribution < 1.29 is 9.59 Å². The molecule has 3 heterocycles. The molecule has 1 aromatic heterocycles. The lowest BCUT2D eigenvalue weighted by atomic mass is 9.86. The minimum atomic E-state index is -0.211. The molecule has 1 spiro atoms. The lowest BCUT2D eigenvalue weighted by molar-refractivity contribution is -0.117. The third kappa shape index (κ3) is 2.82. The topological polar surface area (TPSA) is 77.3 Å². The first-order chi connectivity index (χ1) is 12.6. The maximum absolute atomic E-state index is 12.7. The summed E-state index contributed by atoms with van der Waals surface area (Å²) in [4.78, 5) is 32.8. The predicted molar refractivity (Wildman–Crippen MR) is 95.3 cm³/mol. The van der Waals surface area contributed by atoms with Gasteiger partial charge in [-0.15, -0.1) is 0 Å². The van der Waals surface area contributed by atoms with Crippen LogP contribution in [0.2, 0.25) is 0 Å². The van der Waals surface area contributed by atoms with Gasteiger partial charge in [0.15, 0.2) is 0 Å². The highest BCUT2D eigenvalue weighted by atomic mass is 16.2. The highest BCUT2D eigenvalue weighted by Gasteiger charge is 2.48. The van der Waals surface area contributed by atoms with Crippen molar-refractivity contribution in [1.82, 2.24) is 9.88 Å². The number of pyridine rings is 1. The Balaban J connectivity index is 1.52. The van der Waals surface area contributed by atoms with Crippen molar-refractivity contribution in [2.45, 2.75) is 12.8 Å². The number of carbonyl (C=O) groups is 2. The van der Waals surface area contributed by atoms with Gasteiger partial charge in [0.25, 0.3) is 5.91 Å². The fourth-order valence-electron chi connectivity index (χ4n) is 3.93. The first-order valence-corrected chi connectivity index (χ1v) is 8.60. The van der Waals surface area contributed by atoms with Crippen LogP contribution < -0.4 is 4.90 Å². The van der Waals surface area contributed by atoms with E-state index in [9.17, 15) is 9.59 Å². The van der Waals surface area contributed by atoms with Gasteiger partial charge in [-0.05, 0) is 36.8 Å². The fraction of sp³-hybridized carbons (Fsp3) is 0.300. The number of nitrogens with zero attached hydrogens (tertiary/aromatic N) is 4. The molecule has 0 unspecified atom stereocenters. The number of amides is 2. The Labute approximate surface area is 151 Å². The highest BCUT2D eigenvalue weighted by molar-refractivity contribution is 5.97. The molecular formula is C20H18N4O2. The standard InChI is InChI=1S/C20H18N4O2/c21-11-15-3-1-5-17(9-15)24-14-20(10-18(24)25)6-8-23(13-20)19(26)16-4-2-7-22-12-16/h1-5,7,9,12H,6,8,10,13-14H2/t20-/m1/s1. The molecule has 0 bridgehead atoms. The van der Waals surface area contributed by atoms with Crippen molar-refractivity contribution in [3.63, 3.8) is 0 Å². The monoisotopic (exact) mass is 346 g/mol. The van der Waals surface area contributed by atoms with Gasteiger partial charge in [0.05, 0.1) is 17.2 Å². The zero-order chi connectivity index (χ0) is 18.1. The number of carbonyl (C=O) groups excluding carboxylic acids is 2. The number of nitriles is 1. The minimum absolute atomic E-state index is 0.0349. The van der Waals surface area contributed by atoms with Gasteiger partial charge >= 0.3 is 0 Å². The maximum Gasteiger partial charge on any atom is 0.255 e. The van der Waals surface area contributed by atoms with E-state index in [1.807, 2.05) is 11.0 Å². The van der Waals surface area contributed by atoms with E-state index in [-0.39, 0.29) is 17.2 Å². The van der Waals surface area contributed by atoms with Crippen LogP contribution in [-0.4, -0.2) is 41.3 Å². The zero-order valence-corrected chi connectivity index (χ0v) is 14.3. The number of likely N-dealkylation sites (tertiary alicyclic amines) is 1. The first kappa shape index (κ1) is 16.3. The average Bonchev–Trinajstić information content (AvgIpc) is 3.24. The maximum atomic E-state index is 12.7. The molecule has 6 heteroatoms. The normalized spacial score (nSPS) is 22.0. The molecule has 130 valence electrons. The van der Waals surface area contributed by atoms with Crippen molar-refractivity contribution in [3.8, 4) is 6.07 Å². The summed E-state index contributed by atoms with van der Waals surface area (Å²) >= 11 is 0. The smallest absolute Gasteiger partial charge is 0.255 e. The largest absolute Gasteiger partial charge is 0.338 e. The third-order valence-electron chi connectivity index (χ3n) is 5.24. The Morgan fingerprint density at radius 1 is 1.23 bits per heavy atom. The molecule has 0 N–H and O–H groups in total. The molecule has 1 aromatic carbocycles. The lowest BCUT2D eigenvalue weighted by Gasteiger charge is -2.24. The molecule has 2 aliphatic heterocycles. The molecule has 2 fully saturated rings. The van der Waals surface area contributed by atoms with Gasteiger partial charge in [-0.1, -0.05) is 6.07 Å². The third-order valence-corrected chi connectivity index (χ3v) is 5.24. The molecule has 2 aliphatic rings. The highest BCUT2D eigenvalue weighted by Crippen LogP contribution is 2.42. The molecule has 0 aliphatic carbocycles. The second-order valence-electron chi connectivity index (χ2n) is 7.04. The molecule has 26 heavy (non-hydrogen) atoms. The quantitative estimate of drug-likeness (QED) is 0.835. The van der Waals surface area contributed by atoms with Gasteiger partial charge in [0, 0.05) is 49.6 Å². The van der Waals surface area contributed by atoms with Crippen LogP contribution in [0.5, 0.6) is 0 Å². The molecule has 0 saturated carbocycles. The summed E-state index contributed by atoms with van der Waals surface area (Å²) in [7, 11) is 0. The van der Waals surface area contributed by atoms with E-state index in [1.165, 1.54) is 0 Å². The molecule has 6 nitrogen and oxygen atoms in total. The van der Waals surface area contributed by atoms with E-state index in [4.69, 9.17) is 5.26 Å². The van der Waals surface area contributed by atoms with Crippen LogP contribution in [0.1, 0.15) is 28.8 Å². The zero-order valence-electron chi connectivity index (χ0n) is 14.3. The van der Waals surface area contributed by atoms with Crippen LogP contribution in [-0.2, 0) is 4.79 Å². The van der Waals surface area contributed by atoms with Crippen LogP contribution in [0.3, 0.4) is 0 Å². The van der Waals surface area contributed by atoms with Crippen molar-refractivity contribution in [3.05, 3.63) is 59.9 Å². The van der Waals surface area contributed by atoms with Crippen LogP contribution in [0.4, 0.5) is 5.69 Å². The molecule has 2 saturated heterocycles. The van der Waals surface area contributed by atoms with E-state index in [2.05, 4.69) is 11.1 Å². The van der Waals surface area contributed by atoms with Crippen LogP contribution in [0.25, 0.3) is 0 Å². The predicted octanol–water partition coefficient (Wildman–Crippen LogP) is 2.22. The van der Waals surface area contributed by atoms with E-state index < -0.39 is 0 Å². The molecule has 2 amide bonds. The summed E-state index contributed by atoms with van der Waals surface area (Å²) in [6.07, 6.45) is 4.46. The van der Waals surface area contributed by atoms with Crippen LogP contribution >= 0.6 is 0 Å². The van der Waals surface area contributed by atoms with Gasteiger partial charge in [-0.2, -0.15) is 5.26 Å². The van der Waals surface area contributed by atoms with E-state index >= 15 is 0 Å². The summed E-state index contributed by atoms with van der Waals surface area (Å²) in [5.74, 6) is 0.0168. The van der Waals surface area contributed by atoms with Crippen molar-refractivity contribution in [1.29, 1.82) is 5.26 Å². The second kappa shape index (κ2) is 6.26. The summed E-state index contributed by atoms with van der Waals surface area (Å²) in [5.41, 5.74) is 1.66. The molecular weight excluding hydrogens is 328 g/mol. The number of hydrogen-bond acceptors (Lipinski definition) is 4. The number of aromatic nitrogens is 1. The Morgan fingerprint density at radius 2 is 2.12 bits per heavy atom. The second-order valence-corrected chi connectivity index (χ2v) is 7.04. The van der Waals surface area contributed by atoms with Crippen molar-refractivity contribution in [2.75, 3.05) is 24.5 Å². The summed E-state index contributed by atoms with van der Waals surface area (Å²) in [6, 6.07) is 12.7.